The zero-order chi connectivity index (χ0) is 16.3. The fourth-order valence-corrected chi connectivity index (χ4v) is 3.17. The van der Waals surface area contributed by atoms with Crippen molar-refractivity contribution in [2.45, 2.75) is 27.7 Å². The molecule has 2 nitrogen and oxygen atoms in total. The summed E-state index contributed by atoms with van der Waals surface area (Å²) in [6.07, 6.45) is 4.37. The summed E-state index contributed by atoms with van der Waals surface area (Å²) in [5, 5.41) is 6.52. The van der Waals surface area contributed by atoms with E-state index in [0.29, 0.717) is 0 Å². The largest absolute Gasteiger partial charge is 0.388 e. The van der Waals surface area contributed by atoms with Crippen molar-refractivity contribution in [3.63, 3.8) is 0 Å². The van der Waals surface area contributed by atoms with Crippen LogP contribution in [0.25, 0.3) is 12.2 Å². The number of rotatable bonds is 4. The zero-order valence-electron chi connectivity index (χ0n) is 14.5. The van der Waals surface area contributed by atoms with Gasteiger partial charge in [-0.2, -0.15) is 0 Å². The van der Waals surface area contributed by atoms with Crippen LogP contribution >= 0.6 is 0 Å². The Hall–Kier alpha value is -2.22. The number of nitrogens with one attached hydrogen (secondary N) is 2. The molecule has 2 aromatic rings. The predicted octanol–water partition coefficient (Wildman–Crippen LogP) is 5.17. The maximum atomic E-state index is 3.26. The van der Waals surface area contributed by atoms with Gasteiger partial charge < -0.3 is 10.6 Å². The molecular formula is C20H26N2. The molecule has 0 saturated heterocycles. The first-order valence-corrected chi connectivity index (χ1v) is 7.72. The Kier molecular flexibility index (Phi) is 4.92. The summed E-state index contributed by atoms with van der Waals surface area (Å²) in [5.41, 5.74) is 10.0. The molecule has 0 aliphatic rings. The second-order valence-electron chi connectivity index (χ2n) is 5.89. The molecule has 0 aliphatic carbocycles. The van der Waals surface area contributed by atoms with Crippen LogP contribution in [0, 0.1) is 27.7 Å². The predicted molar refractivity (Wildman–Crippen MR) is 99.9 cm³/mol. The molecule has 2 aromatic carbocycles. The normalized spacial score (nSPS) is 11.0. The molecular weight excluding hydrogens is 268 g/mol. The molecule has 0 aromatic heterocycles. The molecule has 2 N–H and O–H groups in total. The van der Waals surface area contributed by atoms with Gasteiger partial charge in [-0.15, -0.1) is 0 Å². The summed E-state index contributed by atoms with van der Waals surface area (Å²) >= 11 is 0. The highest BCUT2D eigenvalue weighted by Crippen LogP contribution is 2.25. The van der Waals surface area contributed by atoms with Crippen LogP contribution in [0.1, 0.15) is 33.4 Å². The molecule has 0 fully saturated rings. The topological polar surface area (TPSA) is 24.1 Å². The fourth-order valence-electron chi connectivity index (χ4n) is 3.17. The van der Waals surface area contributed by atoms with Gasteiger partial charge in [0.15, 0.2) is 0 Å². The van der Waals surface area contributed by atoms with Crippen LogP contribution in [0.3, 0.4) is 0 Å². The highest BCUT2D eigenvalue weighted by atomic mass is 14.8. The van der Waals surface area contributed by atoms with Gasteiger partial charge in [0.05, 0.1) is 0 Å². The Bertz CT molecular complexity index is 604. The molecule has 0 heterocycles. The summed E-state index contributed by atoms with van der Waals surface area (Å²) in [7, 11) is 3.94. The van der Waals surface area contributed by atoms with E-state index in [0.717, 1.165) is 0 Å². The fraction of sp³-hybridized carbons (Fsp3) is 0.300. The average molecular weight is 294 g/mol. The molecule has 2 heteroatoms. The van der Waals surface area contributed by atoms with Gasteiger partial charge in [-0.1, -0.05) is 12.2 Å². The lowest BCUT2D eigenvalue weighted by molar-refractivity contribution is 1.33. The van der Waals surface area contributed by atoms with E-state index in [1.807, 2.05) is 14.1 Å². The zero-order valence-corrected chi connectivity index (χ0v) is 14.5. The van der Waals surface area contributed by atoms with Gasteiger partial charge >= 0.3 is 0 Å². The Morgan fingerprint density at radius 2 is 0.864 bits per heavy atom. The van der Waals surface area contributed by atoms with Crippen molar-refractivity contribution in [1.29, 1.82) is 0 Å². The molecule has 116 valence electrons. The second-order valence-corrected chi connectivity index (χ2v) is 5.89. The van der Waals surface area contributed by atoms with Gasteiger partial charge in [0.2, 0.25) is 0 Å². The van der Waals surface area contributed by atoms with E-state index in [-0.39, 0.29) is 0 Å². The molecule has 0 aliphatic heterocycles. The van der Waals surface area contributed by atoms with Crippen molar-refractivity contribution in [2.75, 3.05) is 24.7 Å². The van der Waals surface area contributed by atoms with Crippen LogP contribution in [0.5, 0.6) is 0 Å². The van der Waals surface area contributed by atoms with E-state index in [9.17, 15) is 0 Å². The van der Waals surface area contributed by atoms with Gasteiger partial charge in [-0.3, -0.25) is 0 Å². The monoisotopic (exact) mass is 294 g/mol. The van der Waals surface area contributed by atoms with Crippen LogP contribution in [0.2, 0.25) is 0 Å². The smallest absolute Gasteiger partial charge is 0.0397 e. The molecule has 0 spiro atoms. The molecule has 0 atom stereocenters. The van der Waals surface area contributed by atoms with Crippen LogP contribution in [-0.2, 0) is 0 Å². The summed E-state index contributed by atoms with van der Waals surface area (Å²) in [6, 6.07) is 8.88. The van der Waals surface area contributed by atoms with E-state index in [1.165, 1.54) is 44.8 Å². The van der Waals surface area contributed by atoms with E-state index >= 15 is 0 Å². The Morgan fingerprint density at radius 3 is 1.09 bits per heavy atom. The minimum atomic E-state index is 1.22. The Labute approximate surface area is 134 Å². The van der Waals surface area contributed by atoms with E-state index in [4.69, 9.17) is 0 Å². The highest BCUT2D eigenvalue weighted by molar-refractivity contribution is 5.74. The number of hydrogen-bond donors (Lipinski definition) is 2. The van der Waals surface area contributed by atoms with Crippen molar-refractivity contribution in [3.05, 3.63) is 57.6 Å². The maximum Gasteiger partial charge on any atom is 0.0397 e. The molecule has 22 heavy (non-hydrogen) atoms. The number of anilines is 2. The van der Waals surface area contributed by atoms with Gasteiger partial charge in [-0.25, -0.2) is 0 Å². The standard InChI is InChI=1S/C20H26N2/c1-13-9-17(10-14(2)19(13)21-5)7-8-18-11-15(3)20(22-6)16(4)12-18/h7-12,21-22H,1-6H3. The van der Waals surface area contributed by atoms with Gasteiger partial charge in [0.25, 0.3) is 0 Å². The SMILES string of the molecule is CNc1c(C)cc(C=Cc2cc(C)c(NC)c(C)c2)cc1C. The molecule has 0 bridgehead atoms. The van der Waals surface area contributed by atoms with Crippen molar-refractivity contribution in [2.24, 2.45) is 0 Å². The Balaban J connectivity index is 2.33. The first kappa shape index (κ1) is 16.2. The second kappa shape index (κ2) is 6.69. The summed E-state index contributed by atoms with van der Waals surface area (Å²) in [6.45, 7) is 8.58. The number of benzene rings is 2. The minimum absolute atomic E-state index is 1.22. The molecule has 0 radical (unpaired) electrons. The summed E-state index contributed by atoms with van der Waals surface area (Å²) in [4.78, 5) is 0. The van der Waals surface area contributed by atoms with Crippen LogP contribution < -0.4 is 10.6 Å². The molecule has 0 amide bonds. The first-order chi connectivity index (χ1) is 10.5. The lowest BCUT2D eigenvalue weighted by atomic mass is 10.0. The van der Waals surface area contributed by atoms with E-state index in [1.54, 1.807) is 0 Å². The number of aryl methyl sites for hydroxylation is 4. The van der Waals surface area contributed by atoms with E-state index in [2.05, 4.69) is 74.7 Å². The average Bonchev–Trinajstić information content (AvgIpc) is 2.44. The van der Waals surface area contributed by atoms with Gasteiger partial charge in [0.1, 0.15) is 0 Å². The third-order valence-corrected chi connectivity index (χ3v) is 4.08. The van der Waals surface area contributed by atoms with Crippen molar-refractivity contribution in [1.82, 2.24) is 0 Å². The molecule has 0 unspecified atom stereocenters. The molecule has 0 saturated carbocycles. The van der Waals surface area contributed by atoms with Crippen LogP contribution in [0.4, 0.5) is 11.4 Å². The summed E-state index contributed by atoms with van der Waals surface area (Å²) in [5.74, 6) is 0. The van der Waals surface area contributed by atoms with Crippen molar-refractivity contribution < 1.29 is 0 Å². The maximum absolute atomic E-state index is 3.26. The third kappa shape index (κ3) is 3.33. The number of hydrogen-bond acceptors (Lipinski definition) is 2. The van der Waals surface area contributed by atoms with Crippen molar-refractivity contribution >= 4 is 23.5 Å². The first-order valence-electron chi connectivity index (χ1n) is 7.72. The quantitative estimate of drug-likeness (QED) is 0.760. The van der Waals surface area contributed by atoms with Crippen LogP contribution in [0.15, 0.2) is 24.3 Å². The highest BCUT2D eigenvalue weighted by Gasteiger charge is 2.03. The van der Waals surface area contributed by atoms with Gasteiger partial charge in [-0.05, 0) is 85.3 Å². The lowest BCUT2D eigenvalue weighted by Gasteiger charge is -2.11. The molecule has 2 rings (SSSR count). The van der Waals surface area contributed by atoms with Crippen LogP contribution in [-0.4, -0.2) is 14.1 Å². The van der Waals surface area contributed by atoms with Crippen molar-refractivity contribution in [3.8, 4) is 0 Å². The van der Waals surface area contributed by atoms with E-state index < -0.39 is 0 Å². The summed E-state index contributed by atoms with van der Waals surface area (Å²) < 4.78 is 0. The third-order valence-electron chi connectivity index (χ3n) is 4.08. The lowest BCUT2D eigenvalue weighted by Crippen LogP contribution is -1.96. The Morgan fingerprint density at radius 1 is 0.591 bits per heavy atom. The minimum Gasteiger partial charge on any atom is -0.388 e. The van der Waals surface area contributed by atoms with Gasteiger partial charge in [0, 0.05) is 25.5 Å².